The number of rotatable bonds is 4. The molecule has 106 valence electrons. The van der Waals surface area contributed by atoms with Crippen molar-refractivity contribution in [2.45, 2.75) is 33.2 Å². The first-order valence-corrected chi connectivity index (χ1v) is 6.81. The molecule has 2 amide bonds. The predicted octanol–water partition coefficient (Wildman–Crippen LogP) is 4.03. The highest BCUT2D eigenvalue weighted by molar-refractivity contribution is 5.89. The summed E-state index contributed by atoms with van der Waals surface area (Å²) in [5.41, 5.74) is 2.03. The number of amides is 2. The van der Waals surface area contributed by atoms with E-state index in [1.165, 1.54) is 5.56 Å². The molecule has 0 aliphatic rings. The monoisotopic (exact) mass is 272 g/mol. The summed E-state index contributed by atoms with van der Waals surface area (Å²) in [7, 11) is 0. The van der Waals surface area contributed by atoms with Crippen molar-refractivity contribution in [3.63, 3.8) is 0 Å². The summed E-state index contributed by atoms with van der Waals surface area (Å²) in [4.78, 5) is 11.9. The van der Waals surface area contributed by atoms with E-state index in [0.717, 1.165) is 23.6 Å². The average Bonchev–Trinajstić information content (AvgIpc) is 2.86. The normalized spacial score (nSPS) is 11.9. The van der Waals surface area contributed by atoms with Crippen LogP contribution < -0.4 is 10.6 Å². The van der Waals surface area contributed by atoms with Crippen LogP contribution in [0.5, 0.6) is 0 Å². The number of urea groups is 1. The Morgan fingerprint density at radius 2 is 1.90 bits per heavy atom. The van der Waals surface area contributed by atoms with E-state index in [-0.39, 0.29) is 12.1 Å². The fourth-order valence-electron chi connectivity index (χ4n) is 1.94. The zero-order valence-corrected chi connectivity index (χ0v) is 12.1. The van der Waals surface area contributed by atoms with Gasteiger partial charge in [0.05, 0.1) is 6.04 Å². The maximum atomic E-state index is 11.9. The standard InChI is InChI=1S/C16H20N2O2/c1-4-13-6-8-14(9-7-13)18-16(19)17-12(3)15-10-5-11(2)20-15/h5-10,12H,4H2,1-3H3,(H2,17,18,19). The van der Waals surface area contributed by atoms with E-state index in [9.17, 15) is 4.79 Å². The molecule has 4 heteroatoms. The second kappa shape index (κ2) is 6.28. The molecule has 0 saturated heterocycles. The van der Waals surface area contributed by atoms with E-state index < -0.39 is 0 Å². The Morgan fingerprint density at radius 3 is 2.45 bits per heavy atom. The minimum atomic E-state index is -0.240. The zero-order chi connectivity index (χ0) is 14.5. The van der Waals surface area contributed by atoms with Crippen molar-refractivity contribution in [2.75, 3.05) is 5.32 Å². The highest BCUT2D eigenvalue weighted by Crippen LogP contribution is 2.16. The smallest absolute Gasteiger partial charge is 0.319 e. The van der Waals surface area contributed by atoms with Crippen LogP contribution >= 0.6 is 0 Å². The van der Waals surface area contributed by atoms with Gasteiger partial charge in [0.1, 0.15) is 11.5 Å². The number of carbonyl (C=O) groups excluding carboxylic acids is 1. The van der Waals surface area contributed by atoms with Crippen LogP contribution in [0.15, 0.2) is 40.8 Å². The molecule has 1 heterocycles. The lowest BCUT2D eigenvalue weighted by molar-refractivity contribution is 0.247. The molecule has 4 nitrogen and oxygen atoms in total. The van der Waals surface area contributed by atoms with Crippen LogP contribution in [-0.2, 0) is 6.42 Å². The summed E-state index contributed by atoms with van der Waals surface area (Å²) in [6, 6.07) is 11.2. The third kappa shape index (κ3) is 3.63. The van der Waals surface area contributed by atoms with Crippen molar-refractivity contribution in [1.82, 2.24) is 5.32 Å². The number of hydrogen-bond donors (Lipinski definition) is 2. The first-order chi connectivity index (χ1) is 9.58. The predicted molar refractivity (Wildman–Crippen MR) is 79.8 cm³/mol. The first-order valence-electron chi connectivity index (χ1n) is 6.81. The Labute approximate surface area is 119 Å². The van der Waals surface area contributed by atoms with Gasteiger partial charge in [-0.2, -0.15) is 0 Å². The highest BCUT2D eigenvalue weighted by Gasteiger charge is 2.12. The SMILES string of the molecule is CCc1ccc(NC(=O)NC(C)c2ccc(C)o2)cc1. The maximum absolute atomic E-state index is 11.9. The molecule has 0 spiro atoms. The van der Waals surface area contributed by atoms with Crippen LogP contribution in [-0.4, -0.2) is 6.03 Å². The molecule has 1 aromatic carbocycles. The number of carbonyl (C=O) groups is 1. The Balaban J connectivity index is 1.91. The Bertz CT molecular complexity index is 572. The van der Waals surface area contributed by atoms with Crippen molar-refractivity contribution in [3.8, 4) is 0 Å². The molecular weight excluding hydrogens is 252 g/mol. The quantitative estimate of drug-likeness (QED) is 0.882. The summed E-state index contributed by atoms with van der Waals surface area (Å²) < 4.78 is 5.48. The van der Waals surface area contributed by atoms with Crippen LogP contribution in [0.2, 0.25) is 0 Å². The van der Waals surface area contributed by atoms with Gasteiger partial charge in [-0.3, -0.25) is 0 Å². The topological polar surface area (TPSA) is 54.3 Å². The van der Waals surface area contributed by atoms with Crippen molar-refractivity contribution < 1.29 is 9.21 Å². The number of benzene rings is 1. The summed E-state index contributed by atoms with van der Waals surface area (Å²) in [5, 5.41) is 5.65. The van der Waals surface area contributed by atoms with E-state index >= 15 is 0 Å². The van der Waals surface area contributed by atoms with Gasteiger partial charge in [-0.15, -0.1) is 0 Å². The summed E-state index contributed by atoms with van der Waals surface area (Å²) in [6.07, 6.45) is 0.987. The molecule has 1 aromatic heterocycles. The van der Waals surface area contributed by atoms with Crippen molar-refractivity contribution in [2.24, 2.45) is 0 Å². The minimum absolute atomic E-state index is 0.168. The number of furan rings is 1. The van der Waals surface area contributed by atoms with E-state index in [4.69, 9.17) is 4.42 Å². The molecule has 0 radical (unpaired) electrons. The van der Waals surface area contributed by atoms with Crippen LogP contribution in [0.25, 0.3) is 0 Å². The number of aryl methyl sites for hydroxylation is 2. The van der Waals surface area contributed by atoms with Gasteiger partial charge in [-0.05, 0) is 50.1 Å². The van der Waals surface area contributed by atoms with Gasteiger partial charge in [0, 0.05) is 5.69 Å². The van der Waals surface area contributed by atoms with Gasteiger partial charge < -0.3 is 15.1 Å². The van der Waals surface area contributed by atoms with Crippen molar-refractivity contribution >= 4 is 11.7 Å². The lowest BCUT2D eigenvalue weighted by atomic mass is 10.1. The number of hydrogen-bond acceptors (Lipinski definition) is 2. The molecular formula is C16H20N2O2. The molecule has 1 unspecified atom stereocenters. The highest BCUT2D eigenvalue weighted by atomic mass is 16.3. The number of anilines is 1. The summed E-state index contributed by atoms with van der Waals surface area (Å²) >= 11 is 0. The molecule has 2 rings (SSSR count). The molecule has 0 bridgehead atoms. The Morgan fingerprint density at radius 1 is 1.20 bits per heavy atom. The van der Waals surface area contributed by atoms with E-state index in [1.54, 1.807) is 0 Å². The summed E-state index contributed by atoms with van der Waals surface area (Å²) in [5.74, 6) is 1.59. The van der Waals surface area contributed by atoms with E-state index in [1.807, 2.05) is 50.2 Å². The third-order valence-corrected chi connectivity index (χ3v) is 3.16. The lowest BCUT2D eigenvalue weighted by Gasteiger charge is -2.12. The molecule has 0 aliphatic carbocycles. The average molecular weight is 272 g/mol. The largest absolute Gasteiger partial charge is 0.464 e. The van der Waals surface area contributed by atoms with Crippen LogP contribution in [0.1, 0.15) is 37.0 Å². The van der Waals surface area contributed by atoms with Crippen LogP contribution in [0.4, 0.5) is 10.5 Å². The van der Waals surface area contributed by atoms with Gasteiger partial charge in [0.15, 0.2) is 0 Å². The van der Waals surface area contributed by atoms with Gasteiger partial charge in [-0.25, -0.2) is 4.79 Å². The third-order valence-electron chi connectivity index (χ3n) is 3.16. The molecule has 0 aliphatic heterocycles. The molecule has 2 aromatic rings. The van der Waals surface area contributed by atoms with E-state index in [2.05, 4.69) is 17.6 Å². The van der Waals surface area contributed by atoms with Crippen molar-refractivity contribution in [1.29, 1.82) is 0 Å². The minimum Gasteiger partial charge on any atom is -0.464 e. The lowest BCUT2D eigenvalue weighted by Crippen LogP contribution is -2.30. The fraction of sp³-hybridized carbons (Fsp3) is 0.312. The molecule has 20 heavy (non-hydrogen) atoms. The van der Waals surface area contributed by atoms with Gasteiger partial charge in [0.2, 0.25) is 0 Å². The summed E-state index contributed by atoms with van der Waals surface area (Å²) in [6.45, 7) is 5.87. The second-order valence-electron chi connectivity index (χ2n) is 4.82. The van der Waals surface area contributed by atoms with Gasteiger partial charge in [-0.1, -0.05) is 19.1 Å². The fourth-order valence-corrected chi connectivity index (χ4v) is 1.94. The van der Waals surface area contributed by atoms with Crippen LogP contribution in [0, 0.1) is 6.92 Å². The van der Waals surface area contributed by atoms with Gasteiger partial charge >= 0.3 is 6.03 Å². The molecule has 0 fully saturated rings. The Hall–Kier alpha value is -2.23. The number of nitrogens with one attached hydrogen (secondary N) is 2. The van der Waals surface area contributed by atoms with E-state index in [0.29, 0.717) is 0 Å². The van der Waals surface area contributed by atoms with Crippen LogP contribution in [0.3, 0.4) is 0 Å². The molecule has 2 N–H and O–H groups in total. The maximum Gasteiger partial charge on any atom is 0.319 e. The second-order valence-corrected chi connectivity index (χ2v) is 4.82. The van der Waals surface area contributed by atoms with Gasteiger partial charge in [0.25, 0.3) is 0 Å². The molecule has 0 saturated carbocycles. The first kappa shape index (κ1) is 14.2. The molecule has 1 atom stereocenters. The van der Waals surface area contributed by atoms with Crippen molar-refractivity contribution in [3.05, 3.63) is 53.5 Å². The Kier molecular flexibility index (Phi) is 4.45. The zero-order valence-electron chi connectivity index (χ0n) is 12.1.